The lowest BCUT2D eigenvalue weighted by molar-refractivity contribution is -0.132. The fourth-order valence-corrected chi connectivity index (χ4v) is 4.46. The number of benzene rings is 2. The SMILES string of the molecule is CN(C)C/C=C/C(=O)N(CC1CC1)C1CC(Oc2cc(-c3ccc(O)cc3)cc3[nH]ncc23)C1. The molecule has 0 atom stereocenters. The van der Waals surface area contributed by atoms with Crippen LogP contribution in [-0.2, 0) is 4.79 Å². The van der Waals surface area contributed by atoms with Gasteiger partial charge in [0.25, 0.3) is 0 Å². The van der Waals surface area contributed by atoms with Crippen LogP contribution < -0.4 is 4.74 Å². The van der Waals surface area contributed by atoms with E-state index in [1.54, 1.807) is 24.4 Å². The minimum absolute atomic E-state index is 0.0680. The van der Waals surface area contributed by atoms with Crippen molar-refractivity contribution in [3.8, 4) is 22.6 Å². The molecule has 178 valence electrons. The number of aromatic nitrogens is 2. The normalized spacial score (nSPS) is 20.1. The average Bonchev–Trinajstić information content (AvgIpc) is 3.48. The van der Waals surface area contributed by atoms with Gasteiger partial charge in [0.1, 0.15) is 17.6 Å². The van der Waals surface area contributed by atoms with Gasteiger partial charge in [0, 0.05) is 38.0 Å². The molecule has 5 rings (SSSR count). The minimum Gasteiger partial charge on any atom is -0.508 e. The second-order valence-electron chi connectivity index (χ2n) is 9.82. The molecule has 0 aliphatic heterocycles. The maximum absolute atomic E-state index is 12.9. The smallest absolute Gasteiger partial charge is 0.246 e. The number of nitrogens with zero attached hydrogens (tertiary/aromatic N) is 3. The second kappa shape index (κ2) is 9.50. The van der Waals surface area contributed by atoms with Gasteiger partial charge in [-0.25, -0.2) is 0 Å². The third-order valence-electron chi connectivity index (χ3n) is 6.69. The van der Waals surface area contributed by atoms with Crippen LogP contribution in [0.2, 0.25) is 0 Å². The summed E-state index contributed by atoms with van der Waals surface area (Å²) in [6.07, 6.45) is 9.65. The number of hydrogen-bond donors (Lipinski definition) is 2. The molecule has 2 aliphatic carbocycles. The van der Waals surface area contributed by atoms with Gasteiger partial charge in [0.15, 0.2) is 0 Å². The molecule has 2 aliphatic rings. The molecule has 2 N–H and O–H groups in total. The number of H-pyrrole nitrogens is 1. The lowest BCUT2D eigenvalue weighted by atomic mass is 9.87. The van der Waals surface area contributed by atoms with Crippen LogP contribution in [0.25, 0.3) is 22.0 Å². The average molecular weight is 461 g/mol. The van der Waals surface area contributed by atoms with Crippen LogP contribution in [0.4, 0.5) is 0 Å². The maximum Gasteiger partial charge on any atom is 0.246 e. The Bertz CT molecular complexity index is 1170. The molecule has 7 nitrogen and oxygen atoms in total. The topological polar surface area (TPSA) is 81.7 Å². The molecule has 3 aromatic rings. The Labute approximate surface area is 200 Å². The lowest BCUT2D eigenvalue weighted by Gasteiger charge is -2.42. The van der Waals surface area contributed by atoms with Crippen molar-refractivity contribution in [3.63, 3.8) is 0 Å². The summed E-state index contributed by atoms with van der Waals surface area (Å²) >= 11 is 0. The molecule has 1 amide bonds. The number of likely N-dealkylation sites (N-methyl/N-ethyl adjacent to an activating group) is 1. The Morgan fingerprint density at radius 2 is 1.94 bits per heavy atom. The van der Waals surface area contributed by atoms with E-state index in [9.17, 15) is 9.90 Å². The summed E-state index contributed by atoms with van der Waals surface area (Å²) in [5.41, 5.74) is 2.91. The Morgan fingerprint density at radius 3 is 2.65 bits per heavy atom. The quantitative estimate of drug-likeness (QED) is 0.468. The zero-order chi connectivity index (χ0) is 23.7. The van der Waals surface area contributed by atoms with Crippen LogP contribution in [0, 0.1) is 5.92 Å². The number of rotatable bonds is 9. The van der Waals surface area contributed by atoms with Crippen molar-refractivity contribution in [2.75, 3.05) is 27.2 Å². The second-order valence-corrected chi connectivity index (χ2v) is 9.82. The number of ether oxygens (including phenoxy) is 1. The molecular formula is C27H32N4O3. The number of amides is 1. The van der Waals surface area contributed by atoms with E-state index in [1.807, 2.05) is 49.3 Å². The molecule has 0 radical (unpaired) electrons. The van der Waals surface area contributed by atoms with E-state index in [1.165, 1.54) is 12.8 Å². The molecule has 1 heterocycles. The Kier molecular flexibility index (Phi) is 6.28. The van der Waals surface area contributed by atoms with E-state index in [0.717, 1.165) is 53.7 Å². The predicted molar refractivity (Wildman–Crippen MR) is 133 cm³/mol. The predicted octanol–water partition coefficient (Wildman–Crippen LogP) is 4.20. The van der Waals surface area contributed by atoms with Gasteiger partial charge in [-0.1, -0.05) is 18.2 Å². The van der Waals surface area contributed by atoms with Crippen molar-refractivity contribution in [2.45, 2.75) is 37.8 Å². The van der Waals surface area contributed by atoms with E-state index in [2.05, 4.69) is 15.1 Å². The molecule has 0 unspecified atom stereocenters. The van der Waals surface area contributed by atoms with Gasteiger partial charge in [0.2, 0.25) is 5.91 Å². The van der Waals surface area contributed by atoms with Gasteiger partial charge in [0.05, 0.1) is 17.1 Å². The third kappa shape index (κ3) is 5.09. The zero-order valence-corrected chi connectivity index (χ0v) is 19.8. The van der Waals surface area contributed by atoms with Crippen molar-refractivity contribution in [1.82, 2.24) is 20.0 Å². The number of nitrogens with one attached hydrogen (secondary N) is 1. The van der Waals surface area contributed by atoms with Crippen LogP contribution in [0.5, 0.6) is 11.5 Å². The van der Waals surface area contributed by atoms with Gasteiger partial charge in [-0.3, -0.25) is 9.89 Å². The van der Waals surface area contributed by atoms with Gasteiger partial charge in [-0.2, -0.15) is 5.10 Å². The Balaban J connectivity index is 1.28. The summed E-state index contributed by atoms with van der Waals surface area (Å²) in [5.74, 6) is 1.80. The highest BCUT2D eigenvalue weighted by Crippen LogP contribution is 2.38. The molecular weight excluding hydrogens is 428 g/mol. The first-order valence-corrected chi connectivity index (χ1v) is 12.0. The van der Waals surface area contributed by atoms with Gasteiger partial charge >= 0.3 is 0 Å². The maximum atomic E-state index is 12.9. The monoisotopic (exact) mass is 460 g/mol. The zero-order valence-electron chi connectivity index (χ0n) is 19.8. The Hall–Kier alpha value is -3.32. The number of phenols is 1. The number of aromatic amines is 1. The standard InChI is InChI=1S/C27H32N4O3/c1-30(2)11-3-4-27(33)31(17-18-5-6-18)21-14-23(15-21)34-26-13-20(12-25-24(26)16-28-29-25)19-7-9-22(32)10-8-19/h3-4,7-10,12-13,16,18,21,23,32H,5-6,11,14-15,17H2,1-2H3,(H,28,29)/b4-3+. The van der Waals surface area contributed by atoms with Crippen LogP contribution in [-0.4, -0.2) is 70.3 Å². The van der Waals surface area contributed by atoms with Crippen LogP contribution in [0.3, 0.4) is 0 Å². The Morgan fingerprint density at radius 1 is 1.18 bits per heavy atom. The van der Waals surface area contributed by atoms with E-state index in [0.29, 0.717) is 5.92 Å². The summed E-state index contributed by atoms with van der Waals surface area (Å²) in [7, 11) is 4.00. The first kappa shape index (κ1) is 22.5. The molecule has 0 bridgehead atoms. The summed E-state index contributed by atoms with van der Waals surface area (Å²) in [5, 5.41) is 17.8. The van der Waals surface area contributed by atoms with Crippen molar-refractivity contribution in [3.05, 3.63) is 54.7 Å². The molecule has 0 saturated heterocycles. The van der Waals surface area contributed by atoms with Crippen LogP contribution >= 0.6 is 0 Å². The third-order valence-corrected chi connectivity index (χ3v) is 6.69. The number of carbonyl (C=O) groups is 1. The first-order chi connectivity index (χ1) is 16.5. The van der Waals surface area contributed by atoms with Gasteiger partial charge < -0.3 is 19.6 Å². The highest BCUT2D eigenvalue weighted by molar-refractivity contribution is 5.90. The summed E-state index contributed by atoms with van der Waals surface area (Å²) in [4.78, 5) is 17.0. The highest BCUT2D eigenvalue weighted by Gasteiger charge is 2.39. The van der Waals surface area contributed by atoms with Crippen molar-refractivity contribution < 1.29 is 14.6 Å². The van der Waals surface area contributed by atoms with Gasteiger partial charge in [-0.15, -0.1) is 0 Å². The lowest BCUT2D eigenvalue weighted by Crippen LogP contribution is -2.52. The number of aromatic hydroxyl groups is 1. The first-order valence-electron chi connectivity index (χ1n) is 12.0. The highest BCUT2D eigenvalue weighted by atomic mass is 16.5. The van der Waals surface area contributed by atoms with E-state index < -0.39 is 0 Å². The summed E-state index contributed by atoms with van der Waals surface area (Å²) in [6.45, 7) is 1.61. The number of hydrogen-bond acceptors (Lipinski definition) is 5. The molecule has 1 aromatic heterocycles. The fourth-order valence-electron chi connectivity index (χ4n) is 4.46. The molecule has 2 saturated carbocycles. The van der Waals surface area contributed by atoms with E-state index in [4.69, 9.17) is 4.74 Å². The van der Waals surface area contributed by atoms with E-state index >= 15 is 0 Å². The van der Waals surface area contributed by atoms with Crippen LogP contribution in [0.1, 0.15) is 25.7 Å². The van der Waals surface area contributed by atoms with Crippen LogP contribution in [0.15, 0.2) is 54.7 Å². The molecule has 7 heteroatoms. The van der Waals surface area contributed by atoms with Crippen molar-refractivity contribution in [2.24, 2.45) is 5.92 Å². The molecule has 2 fully saturated rings. The fraction of sp³-hybridized carbons (Fsp3) is 0.407. The summed E-state index contributed by atoms with van der Waals surface area (Å²) in [6, 6.07) is 11.4. The van der Waals surface area contributed by atoms with Crippen molar-refractivity contribution >= 4 is 16.8 Å². The number of phenolic OH excluding ortho intramolecular Hbond substituents is 1. The van der Waals surface area contributed by atoms with Gasteiger partial charge in [-0.05, 0) is 68.2 Å². The molecule has 2 aromatic carbocycles. The molecule has 34 heavy (non-hydrogen) atoms. The largest absolute Gasteiger partial charge is 0.508 e. The molecule has 0 spiro atoms. The summed E-state index contributed by atoms with van der Waals surface area (Å²) < 4.78 is 6.43. The minimum atomic E-state index is 0.0680. The number of fused-ring (bicyclic) bond motifs is 1. The van der Waals surface area contributed by atoms with E-state index in [-0.39, 0.29) is 23.8 Å². The van der Waals surface area contributed by atoms with Crippen molar-refractivity contribution in [1.29, 1.82) is 0 Å². The number of carbonyl (C=O) groups excluding carboxylic acids is 1.